The molecule has 2 N–H and O–H groups in total. The molecule has 0 aliphatic rings. The first-order chi connectivity index (χ1) is 15.5. The summed E-state index contributed by atoms with van der Waals surface area (Å²) in [5.41, 5.74) is 3.43. The summed E-state index contributed by atoms with van der Waals surface area (Å²) in [6, 6.07) is 22.3. The summed E-state index contributed by atoms with van der Waals surface area (Å²) in [4.78, 5) is 24.2. The van der Waals surface area contributed by atoms with Crippen molar-refractivity contribution in [3.05, 3.63) is 117 Å². The van der Waals surface area contributed by atoms with Gasteiger partial charge in [-0.25, -0.2) is 0 Å². The largest absolute Gasteiger partial charge is 0.348 e. The van der Waals surface area contributed by atoms with Gasteiger partial charge in [0.15, 0.2) is 0 Å². The molecular weight excluding hydrogens is 443 g/mol. The van der Waals surface area contributed by atoms with Crippen LogP contribution >= 0.6 is 23.2 Å². The van der Waals surface area contributed by atoms with Gasteiger partial charge in [-0.2, -0.15) is 0 Å². The van der Waals surface area contributed by atoms with E-state index in [4.69, 9.17) is 23.2 Å². The highest BCUT2D eigenvalue weighted by atomic mass is 35.5. The van der Waals surface area contributed by atoms with Gasteiger partial charge in [-0.3, -0.25) is 9.59 Å². The number of benzene rings is 3. The smallest absolute Gasteiger partial charge is 0.244 e. The second kappa shape index (κ2) is 11.9. The predicted octanol–water partition coefficient (Wildman–Crippen LogP) is 5.65. The van der Waals surface area contributed by atoms with E-state index in [2.05, 4.69) is 10.6 Å². The lowest BCUT2D eigenvalue weighted by Gasteiger charge is -2.07. The summed E-state index contributed by atoms with van der Waals surface area (Å²) >= 11 is 12.2. The van der Waals surface area contributed by atoms with E-state index >= 15 is 0 Å². The van der Waals surface area contributed by atoms with E-state index in [9.17, 15) is 9.59 Å². The topological polar surface area (TPSA) is 58.2 Å². The van der Waals surface area contributed by atoms with Gasteiger partial charge in [0.05, 0.1) is 0 Å². The minimum atomic E-state index is -0.215. The number of hydrogen-bond donors (Lipinski definition) is 2. The fourth-order valence-corrected chi connectivity index (χ4v) is 3.29. The summed E-state index contributed by atoms with van der Waals surface area (Å²) in [5.74, 6) is -0.429. The molecule has 0 spiro atoms. The highest BCUT2D eigenvalue weighted by molar-refractivity contribution is 6.32. The number of amides is 2. The van der Waals surface area contributed by atoms with E-state index < -0.39 is 0 Å². The van der Waals surface area contributed by atoms with Gasteiger partial charge in [0.25, 0.3) is 0 Å². The normalized spacial score (nSPS) is 11.1. The molecule has 0 atom stereocenters. The van der Waals surface area contributed by atoms with Crippen LogP contribution in [0.15, 0.2) is 84.9 Å². The quantitative estimate of drug-likeness (QED) is 0.423. The molecule has 0 unspecified atom stereocenters. The lowest BCUT2D eigenvalue weighted by atomic mass is 10.1. The predicted molar refractivity (Wildman–Crippen MR) is 131 cm³/mol. The van der Waals surface area contributed by atoms with Crippen LogP contribution in [0.3, 0.4) is 0 Å². The van der Waals surface area contributed by atoms with E-state index in [-0.39, 0.29) is 11.8 Å². The van der Waals surface area contributed by atoms with E-state index in [1.54, 1.807) is 24.3 Å². The van der Waals surface area contributed by atoms with Crippen molar-refractivity contribution in [1.29, 1.82) is 0 Å². The fraction of sp³-hybridized carbons (Fsp3) is 0.0769. The van der Waals surface area contributed by atoms with Crippen LogP contribution in [-0.2, 0) is 22.7 Å². The Morgan fingerprint density at radius 1 is 0.656 bits per heavy atom. The van der Waals surface area contributed by atoms with Crippen LogP contribution in [0.2, 0.25) is 10.0 Å². The summed E-state index contributed by atoms with van der Waals surface area (Å²) in [6.45, 7) is 0.750. The number of nitrogens with one attached hydrogen (secondary N) is 2. The molecule has 2 amide bonds. The zero-order valence-corrected chi connectivity index (χ0v) is 18.7. The van der Waals surface area contributed by atoms with Gasteiger partial charge in [0.1, 0.15) is 0 Å². The van der Waals surface area contributed by atoms with Crippen LogP contribution in [0.4, 0.5) is 0 Å². The fourth-order valence-electron chi connectivity index (χ4n) is 2.90. The van der Waals surface area contributed by atoms with Gasteiger partial charge < -0.3 is 10.6 Å². The van der Waals surface area contributed by atoms with Crippen LogP contribution < -0.4 is 10.6 Å². The SMILES string of the molecule is O=C(C=Cc1ccccc1Cl)NCc1cccc(CNC(=O)C=Cc2ccccc2Cl)c1. The van der Waals surface area contributed by atoms with E-state index in [0.29, 0.717) is 23.1 Å². The maximum atomic E-state index is 12.1. The molecule has 162 valence electrons. The Kier molecular flexibility index (Phi) is 8.67. The van der Waals surface area contributed by atoms with Crippen molar-refractivity contribution >= 4 is 47.2 Å². The summed E-state index contributed by atoms with van der Waals surface area (Å²) in [5, 5.41) is 6.87. The first-order valence-electron chi connectivity index (χ1n) is 10.00. The Hall–Kier alpha value is -3.34. The summed E-state index contributed by atoms with van der Waals surface area (Å²) < 4.78 is 0. The Balaban J connectivity index is 1.48. The zero-order chi connectivity index (χ0) is 22.8. The van der Waals surface area contributed by atoms with Crippen molar-refractivity contribution in [3.8, 4) is 0 Å². The zero-order valence-electron chi connectivity index (χ0n) is 17.2. The second-order valence-electron chi connectivity index (χ2n) is 6.97. The van der Waals surface area contributed by atoms with E-state index in [0.717, 1.165) is 22.3 Å². The lowest BCUT2D eigenvalue weighted by Crippen LogP contribution is -2.21. The molecule has 0 radical (unpaired) electrons. The minimum absolute atomic E-state index is 0.215. The third-order valence-electron chi connectivity index (χ3n) is 4.56. The monoisotopic (exact) mass is 464 g/mol. The molecule has 4 nitrogen and oxygen atoms in total. The molecule has 0 bridgehead atoms. The summed E-state index contributed by atoms with van der Waals surface area (Å²) in [6.07, 6.45) is 6.27. The number of rotatable bonds is 8. The van der Waals surface area contributed by atoms with Crippen molar-refractivity contribution in [3.63, 3.8) is 0 Å². The molecule has 0 fully saturated rings. The minimum Gasteiger partial charge on any atom is -0.348 e. The van der Waals surface area contributed by atoms with Crippen LogP contribution in [0.5, 0.6) is 0 Å². The van der Waals surface area contributed by atoms with Gasteiger partial charge >= 0.3 is 0 Å². The maximum Gasteiger partial charge on any atom is 0.244 e. The average molecular weight is 465 g/mol. The number of carbonyl (C=O) groups is 2. The molecule has 0 aliphatic heterocycles. The van der Waals surface area contributed by atoms with Crippen LogP contribution in [0.1, 0.15) is 22.3 Å². The molecule has 0 aliphatic carbocycles. The van der Waals surface area contributed by atoms with Gasteiger partial charge in [0.2, 0.25) is 11.8 Å². The Morgan fingerprint density at radius 2 is 1.09 bits per heavy atom. The van der Waals surface area contributed by atoms with E-state index in [1.807, 2.05) is 60.7 Å². The Morgan fingerprint density at radius 3 is 1.53 bits per heavy atom. The number of carbonyl (C=O) groups excluding carboxylic acids is 2. The lowest BCUT2D eigenvalue weighted by molar-refractivity contribution is -0.117. The van der Waals surface area contributed by atoms with Crippen molar-refractivity contribution < 1.29 is 9.59 Å². The number of hydrogen-bond acceptors (Lipinski definition) is 2. The van der Waals surface area contributed by atoms with Crippen LogP contribution in [0.25, 0.3) is 12.2 Å². The van der Waals surface area contributed by atoms with Crippen molar-refractivity contribution in [2.24, 2.45) is 0 Å². The first kappa shape index (κ1) is 23.3. The van der Waals surface area contributed by atoms with Crippen molar-refractivity contribution in [1.82, 2.24) is 10.6 Å². The molecule has 32 heavy (non-hydrogen) atoms. The molecule has 3 aromatic carbocycles. The first-order valence-corrected chi connectivity index (χ1v) is 10.8. The average Bonchev–Trinajstić information content (AvgIpc) is 2.80. The van der Waals surface area contributed by atoms with Crippen LogP contribution in [0, 0.1) is 0 Å². The molecule has 0 saturated heterocycles. The molecule has 3 aromatic rings. The van der Waals surface area contributed by atoms with Crippen molar-refractivity contribution in [2.75, 3.05) is 0 Å². The van der Waals surface area contributed by atoms with E-state index in [1.165, 1.54) is 12.2 Å². The third-order valence-corrected chi connectivity index (χ3v) is 5.25. The molecular formula is C26H22Cl2N2O2. The molecule has 6 heteroatoms. The van der Waals surface area contributed by atoms with Gasteiger partial charge in [-0.1, -0.05) is 83.9 Å². The van der Waals surface area contributed by atoms with Gasteiger partial charge in [0, 0.05) is 35.3 Å². The highest BCUT2D eigenvalue weighted by Crippen LogP contribution is 2.17. The Labute approximate surface area is 197 Å². The second-order valence-corrected chi connectivity index (χ2v) is 7.78. The van der Waals surface area contributed by atoms with Crippen molar-refractivity contribution in [2.45, 2.75) is 13.1 Å². The molecule has 0 saturated carbocycles. The van der Waals surface area contributed by atoms with Gasteiger partial charge in [-0.15, -0.1) is 0 Å². The van der Waals surface area contributed by atoms with Gasteiger partial charge in [-0.05, 0) is 46.5 Å². The molecule has 0 heterocycles. The Bertz CT molecular complexity index is 1070. The molecule has 3 rings (SSSR count). The summed E-state index contributed by atoms with van der Waals surface area (Å²) in [7, 11) is 0. The highest BCUT2D eigenvalue weighted by Gasteiger charge is 2.02. The third kappa shape index (κ3) is 7.41. The molecule has 0 aromatic heterocycles. The number of halogens is 2. The maximum absolute atomic E-state index is 12.1. The van der Waals surface area contributed by atoms with Crippen LogP contribution in [-0.4, -0.2) is 11.8 Å². The standard InChI is InChI=1S/C26H22Cl2N2O2/c27-23-10-3-1-8-21(23)12-14-25(31)29-17-19-6-5-7-20(16-19)18-30-26(32)15-13-22-9-2-4-11-24(22)28/h1-16H,17-18H2,(H,29,31)(H,30,32).